The second-order valence-corrected chi connectivity index (χ2v) is 3.98. The molecular formula is C15H14O4. The number of aromatic hydroxyl groups is 1. The zero-order valence-corrected chi connectivity index (χ0v) is 10.5. The fourth-order valence-corrected chi connectivity index (χ4v) is 1.68. The molecule has 2 rings (SSSR count). The van der Waals surface area contributed by atoms with Gasteiger partial charge in [-0.05, 0) is 35.9 Å². The third-order valence-corrected chi connectivity index (χ3v) is 2.65. The standard InChI is InChI=1S/C15H14O4/c1-18-14-5-6-15(12(8-14)9-16)19-10-11-3-2-4-13(17)7-11/h2-9,17H,10H2,1H3. The van der Waals surface area contributed by atoms with Gasteiger partial charge in [-0.3, -0.25) is 4.79 Å². The quantitative estimate of drug-likeness (QED) is 0.838. The molecule has 0 spiro atoms. The molecule has 0 aliphatic heterocycles. The van der Waals surface area contributed by atoms with Crippen molar-refractivity contribution in [2.45, 2.75) is 6.61 Å². The summed E-state index contributed by atoms with van der Waals surface area (Å²) in [6, 6.07) is 11.8. The van der Waals surface area contributed by atoms with E-state index in [9.17, 15) is 9.90 Å². The molecule has 0 atom stereocenters. The topological polar surface area (TPSA) is 55.8 Å². The third-order valence-electron chi connectivity index (χ3n) is 2.65. The fourth-order valence-electron chi connectivity index (χ4n) is 1.68. The number of phenols is 1. The summed E-state index contributed by atoms with van der Waals surface area (Å²) in [5.41, 5.74) is 1.26. The Morgan fingerprint density at radius 1 is 1.21 bits per heavy atom. The van der Waals surface area contributed by atoms with Gasteiger partial charge in [-0.25, -0.2) is 0 Å². The summed E-state index contributed by atoms with van der Waals surface area (Å²) in [6.07, 6.45) is 0.723. The number of aldehydes is 1. The molecule has 0 radical (unpaired) electrons. The van der Waals surface area contributed by atoms with E-state index in [1.807, 2.05) is 6.07 Å². The molecule has 19 heavy (non-hydrogen) atoms. The van der Waals surface area contributed by atoms with Crippen molar-refractivity contribution in [2.75, 3.05) is 7.11 Å². The van der Waals surface area contributed by atoms with Crippen LogP contribution < -0.4 is 9.47 Å². The Hall–Kier alpha value is -2.49. The van der Waals surface area contributed by atoms with Gasteiger partial charge in [0.25, 0.3) is 0 Å². The van der Waals surface area contributed by atoms with E-state index < -0.39 is 0 Å². The van der Waals surface area contributed by atoms with Crippen LogP contribution in [0.3, 0.4) is 0 Å². The maximum Gasteiger partial charge on any atom is 0.153 e. The van der Waals surface area contributed by atoms with Crippen LogP contribution in [0.1, 0.15) is 15.9 Å². The van der Waals surface area contributed by atoms with Crippen LogP contribution in [-0.4, -0.2) is 18.5 Å². The van der Waals surface area contributed by atoms with Crippen LogP contribution in [0.4, 0.5) is 0 Å². The van der Waals surface area contributed by atoms with Gasteiger partial charge in [0.05, 0.1) is 12.7 Å². The van der Waals surface area contributed by atoms with Crippen LogP contribution in [0.25, 0.3) is 0 Å². The van der Waals surface area contributed by atoms with Gasteiger partial charge in [0.15, 0.2) is 6.29 Å². The zero-order valence-electron chi connectivity index (χ0n) is 10.5. The molecule has 0 saturated carbocycles. The summed E-state index contributed by atoms with van der Waals surface area (Å²) in [5, 5.41) is 9.35. The molecule has 1 N–H and O–H groups in total. The first-order chi connectivity index (χ1) is 9.22. The Balaban J connectivity index is 2.13. The first-order valence-electron chi connectivity index (χ1n) is 5.77. The molecular weight excluding hydrogens is 244 g/mol. The van der Waals surface area contributed by atoms with Crippen LogP contribution in [0.15, 0.2) is 42.5 Å². The summed E-state index contributed by atoms with van der Waals surface area (Å²) in [5.74, 6) is 1.28. The SMILES string of the molecule is COc1ccc(OCc2cccc(O)c2)c(C=O)c1. The number of carbonyl (C=O) groups is 1. The summed E-state index contributed by atoms with van der Waals surface area (Å²) < 4.78 is 10.6. The molecule has 2 aromatic carbocycles. The van der Waals surface area contributed by atoms with Crippen molar-refractivity contribution in [3.05, 3.63) is 53.6 Å². The van der Waals surface area contributed by atoms with Crippen LogP contribution in [0.2, 0.25) is 0 Å². The van der Waals surface area contributed by atoms with E-state index in [1.165, 1.54) is 7.11 Å². The Kier molecular flexibility index (Phi) is 4.03. The number of benzene rings is 2. The highest BCUT2D eigenvalue weighted by Gasteiger charge is 2.05. The molecule has 4 heteroatoms. The minimum absolute atomic E-state index is 0.187. The lowest BCUT2D eigenvalue weighted by molar-refractivity contribution is 0.111. The predicted molar refractivity (Wildman–Crippen MR) is 70.8 cm³/mol. The smallest absolute Gasteiger partial charge is 0.153 e. The van der Waals surface area contributed by atoms with Gasteiger partial charge in [-0.1, -0.05) is 12.1 Å². The fraction of sp³-hybridized carbons (Fsp3) is 0.133. The molecule has 0 amide bonds. The monoisotopic (exact) mass is 258 g/mol. The van der Waals surface area contributed by atoms with Crippen LogP contribution in [-0.2, 0) is 6.61 Å². The molecule has 0 aromatic heterocycles. The van der Waals surface area contributed by atoms with E-state index in [0.29, 0.717) is 17.1 Å². The van der Waals surface area contributed by atoms with E-state index >= 15 is 0 Å². The third kappa shape index (κ3) is 3.25. The lowest BCUT2D eigenvalue weighted by Crippen LogP contribution is -1.98. The van der Waals surface area contributed by atoms with Crippen molar-refractivity contribution in [3.8, 4) is 17.2 Å². The highest BCUT2D eigenvalue weighted by molar-refractivity contribution is 5.80. The Morgan fingerprint density at radius 3 is 2.74 bits per heavy atom. The minimum atomic E-state index is 0.187. The maximum absolute atomic E-state index is 11.0. The number of methoxy groups -OCH3 is 1. The largest absolute Gasteiger partial charge is 0.508 e. The average Bonchev–Trinajstić information content (AvgIpc) is 2.45. The van der Waals surface area contributed by atoms with Gasteiger partial charge in [-0.15, -0.1) is 0 Å². The Labute approximate surface area is 111 Å². The first kappa shape index (κ1) is 13.0. The lowest BCUT2D eigenvalue weighted by Gasteiger charge is -2.10. The zero-order chi connectivity index (χ0) is 13.7. The highest BCUT2D eigenvalue weighted by atomic mass is 16.5. The number of hydrogen-bond donors (Lipinski definition) is 1. The van der Waals surface area contributed by atoms with Crippen molar-refractivity contribution in [2.24, 2.45) is 0 Å². The van der Waals surface area contributed by atoms with Crippen molar-refractivity contribution in [3.63, 3.8) is 0 Å². The molecule has 0 bridgehead atoms. The number of ether oxygens (including phenoxy) is 2. The lowest BCUT2D eigenvalue weighted by atomic mass is 10.2. The predicted octanol–water partition coefficient (Wildman–Crippen LogP) is 2.79. The number of carbonyl (C=O) groups excluding carboxylic acids is 1. The number of rotatable bonds is 5. The number of phenolic OH excluding ortho intramolecular Hbond substituents is 1. The van der Waals surface area contributed by atoms with E-state index in [2.05, 4.69) is 0 Å². The van der Waals surface area contributed by atoms with Gasteiger partial charge < -0.3 is 14.6 Å². The first-order valence-corrected chi connectivity index (χ1v) is 5.77. The van der Waals surface area contributed by atoms with Crippen molar-refractivity contribution >= 4 is 6.29 Å². The second-order valence-electron chi connectivity index (χ2n) is 3.98. The van der Waals surface area contributed by atoms with E-state index in [1.54, 1.807) is 36.4 Å². The molecule has 0 fully saturated rings. The Bertz CT molecular complexity index is 578. The van der Waals surface area contributed by atoms with Crippen LogP contribution >= 0.6 is 0 Å². The minimum Gasteiger partial charge on any atom is -0.508 e. The van der Waals surface area contributed by atoms with Crippen LogP contribution in [0.5, 0.6) is 17.2 Å². The molecule has 0 aliphatic rings. The van der Waals surface area contributed by atoms with Gasteiger partial charge in [0, 0.05) is 0 Å². The van der Waals surface area contributed by atoms with Gasteiger partial charge >= 0.3 is 0 Å². The molecule has 0 aliphatic carbocycles. The summed E-state index contributed by atoms with van der Waals surface area (Å²) >= 11 is 0. The average molecular weight is 258 g/mol. The molecule has 98 valence electrons. The van der Waals surface area contributed by atoms with Crippen molar-refractivity contribution in [1.29, 1.82) is 0 Å². The number of hydrogen-bond acceptors (Lipinski definition) is 4. The van der Waals surface area contributed by atoms with E-state index in [4.69, 9.17) is 9.47 Å². The van der Waals surface area contributed by atoms with Crippen molar-refractivity contribution in [1.82, 2.24) is 0 Å². The normalized spacial score (nSPS) is 9.95. The molecule has 0 unspecified atom stereocenters. The molecule has 2 aromatic rings. The Morgan fingerprint density at radius 2 is 2.05 bits per heavy atom. The summed E-state index contributed by atoms with van der Waals surface area (Å²) in [6.45, 7) is 0.279. The summed E-state index contributed by atoms with van der Waals surface area (Å²) in [7, 11) is 1.54. The molecule has 0 heterocycles. The summed E-state index contributed by atoms with van der Waals surface area (Å²) in [4.78, 5) is 11.0. The molecule has 0 saturated heterocycles. The van der Waals surface area contributed by atoms with E-state index in [0.717, 1.165) is 11.8 Å². The van der Waals surface area contributed by atoms with E-state index in [-0.39, 0.29) is 12.4 Å². The highest BCUT2D eigenvalue weighted by Crippen LogP contribution is 2.24. The van der Waals surface area contributed by atoms with Crippen LogP contribution in [0, 0.1) is 0 Å². The maximum atomic E-state index is 11.0. The second kappa shape index (κ2) is 5.91. The van der Waals surface area contributed by atoms with Gasteiger partial charge in [-0.2, -0.15) is 0 Å². The molecule has 4 nitrogen and oxygen atoms in total. The van der Waals surface area contributed by atoms with Gasteiger partial charge in [0.1, 0.15) is 23.9 Å². The van der Waals surface area contributed by atoms with Crippen molar-refractivity contribution < 1.29 is 19.4 Å². The van der Waals surface area contributed by atoms with Gasteiger partial charge in [0.2, 0.25) is 0 Å².